The Morgan fingerprint density at radius 2 is 1.64 bits per heavy atom. The molecule has 0 unspecified atom stereocenters. The smallest absolute Gasteiger partial charge is 0.351 e. The first-order chi connectivity index (χ1) is 17.6. The molecule has 3 aromatic carbocycles. The summed E-state index contributed by atoms with van der Waals surface area (Å²) in [6, 6.07) is 28.8. The van der Waals surface area contributed by atoms with Gasteiger partial charge < -0.3 is 9.47 Å². The number of nitriles is 1. The number of methoxy groups -OCH3 is 1. The zero-order valence-electron chi connectivity index (χ0n) is 20.0. The van der Waals surface area contributed by atoms with Crippen LogP contribution in [-0.2, 0) is 6.54 Å². The van der Waals surface area contributed by atoms with Crippen LogP contribution in [0.25, 0.3) is 28.0 Å². The molecule has 0 aliphatic heterocycles. The molecule has 0 aliphatic rings. The summed E-state index contributed by atoms with van der Waals surface area (Å²) in [5.41, 5.74) is 5.05. The molecule has 0 saturated heterocycles. The molecule has 36 heavy (non-hydrogen) atoms. The number of aromatic nitrogens is 3. The minimum Gasteiger partial charge on any atom is -0.493 e. The fourth-order valence-corrected chi connectivity index (χ4v) is 4.16. The van der Waals surface area contributed by atoms with Crippen LogP contribution < -0.4 is 15.2 Å². The lowest BCUT2D eigenvalue weighted by Crippen LogP contribution is -2.25. The van der Waals surface area contributed by atoms with Gasteiger partial charge in [-0.05, 0) is 48.4 Å². The molecule has 2 heterocycles. The van der Waals surface area contributed by atoms with Crippen molar-refractivity contribution in [2.45, 2.75) is 13.5 Å². The predicted octanol–water partition coefficient (Wildman–Crippen LogP) is 5.10. The first-order valence-electron chi connectivity index (χ1n) is 11.5. The lowest BCUT2D eigenvalue weighted by Gasteiger charge is -2.15. The maximum absolute atomic E-state index is 13.7. The van der Waals surface area contributed by atoms with Crippen LogP contribution in [0.5, 0.6) is 11.5 Å². The molecule has 2 aromatic heterocycles. The predicted molar refractivity (Wildman–Crippen MR) is 138 cm³/mol. The second kappa shape index (κ2) is 9.80. The van der Waals surface area contributed by atoms with Crippen molar-refractivity contribution >= 4 is 5.65 Å². The van der Waals surface area contributed by atoms with Crippen LogP contribution in [0.2, 0.25) is 0 Å². The van der Waals surface area contributed by atoms with Crippen molar-refractivity contribution < 1.29 is 9.47 Å². The van der Waals surface area contributed by atoms with Gasteiger partial charge in [0.25, 0.3) is 0 Å². The molecule has 178 valence electrons. The molecule has 0 bridgehead atoms. The Labute approximate surface area is 208 Å². The van der Waals surface area contributed by atoms with Crippen molar-refractivity contribution in [2.24, 2.45) is 0 Å². The average Bonchev–Trinajstić information content (AvgIpc) is 3.25. The molecule has 5 aromatic rings. The van der Waals surface area contributed by atoms with E-state index in [1.165, 1.54) is 4.68 Å². The van der Waals surface area contributed by atoms with Crippen molar-refractivity contribution in [1.29, 1.82) is 5.26 Å². The number of aryl methyl sites for hydroxylation is 1. The third-order valence-corrected chi connectivity index (χ3v) is 6.00. The van der Waals surface area contributed by atoms with Gasteiger partial charge in [0.05, 0.1) is 31.0 Å². The summed E-state index contributed by atoms with van der Waals surface area (Å²) in [7, 11) is 1.56. The van der Waals surface area contributed by atoms with Gasteiger partial charge in [0.2, 0.25) is 5.65 Å². The van der Waals surface area contributed by atoms with Crippen molar-refractivity contribution in [2.75, 3.05) is 13.7 Å². The van der Waals surface area contributed by atoms with Gasteiger partial charge in [-0.25, -0.2) is 13.9 Å². The Morgan fingerprint density at radius 3 is 2.31 bits per heavy atom. The van der Waals surface area contributed by atoms with Gasteiger partial charge in [-0.1, -0.05) is 60.2 Å². The normalized spacial score (nSPS) is 10.8. The molecule has 0 atom stereocenters. The molecule has 7 heteroatoms. The van der Waals surface area contributed by atoms with Crippen molar-refractivity contribution in [3.05, 3.63) is 107 Å². The maximum Gasteiger partial charge on any atom is 0.351 e. The molecular formula is C29H24N4O3. The fraction of sp³-hybridized carbons (Fsp3) is 0.138. The monoisotopic (exact) mass is 476 g/mol. The number of para-hydroxylation sites is 1. The Bertz CT molecular complexity index is 1610. The molecule has 0 radical (unpaired) electrons. The maximum atomic E-state index is 13.7. The third-order valence-electron chi connectivity index (χ3n) is 6.00. The summed E-state index contributed by atoms with van der Waals surface area (Å²) < 4.78 is 14.5. The molecule has 0 spiro atoms. The number of pyridine rings is 1. The zero-order valence-corrected chi connectivity index (χ0v) is 20.0. The van der Waals surface area contributed by atoms with Crippen LogP contribution in [0, 0.1) is 18.3 Å². The summed E-state index contributed by atoms with van der Waals surface area (Å²) in [5.74, 6) is 1.21. The van der Waals surface area contributed by atoms with E-state index in [9.17, 15) is 10.1 Å². The van der Waals surface area contributed by atoms with E-state index in [-0.39, 0.29) is 12.2 Å². The number of benzene rings is 3. The fourth-order valence-electron chi connectivity index (χ4n) is 4.16. The lowest BCUT2D eigenvalue weighted by molar-refractivity contribution is 0.289. The number of ether oxygens (including phenoxy) is 2. The SMILES string of the molecule is COc1cc(-c2ccc(C#N)cc2)c(-c2ccc(C)cc2)n2c(=O)n(CCOc3ccccc3)nc12. The summed E-state index contributed by atoms with van der Waals surface area (Å²) in [6.45, 7) is 2.59. The first-order valence-corrected chi connectivity index (χ1v) is 11.5. The number of hydrogen-bond donors (Lipinski definition) is 0. The summed E-state index contributed by atoms with van der Waals surface area (Å²) >= 11 is 0. The quantitative estimate of drug-likeness (QED) is 0.327. The lowest BCUT2D eigenvalue weighted by atomic mass is 9.97. The highest BCUT2D eigenvalue weighted by Crippen LogP contribution is 2.36. The summed E-state index contributed by atoms with van der Waals surface area (Å²) in [5, 5.41) is 13.8. The minimum absolute atomic E-state index is 0.276. The molecule has 0 aliphatic carbocycles. The first kappa shape index (κ1) is 22.9. The van der Waals surface area contributed by atoms with Gasteiger partial charge in [0.15, 0.2) is 5.75 Å². The Hall–Kier alpha value is -4.83. The van der Waals surface area contributed by atoms with Crippen molar-refractivity contribution in [3.63, 3.8) is 0 Å². The Balaban J connectivity index is 1.67. The highest BCUT2D eigenvalue weighted by Gasteiger charge is 2.21. The van der Waals surface area contributed by atoms with E-state index in [0.717, 1.165) is 28.0 Å². The molecule has 0 N–H and O–H groups in total. The Morgan fingerprint density at radius 1 is 0.944 bits per heavy atom. The van der Waals surface area contributed by atoms with Gasteiger partial charge >= 0.3 is 5.69 Å². The van der Waals surface area contributed by atoms with Crippen LogP contribution in [0.1, 0.15) is 11.1 Å². The highest BCUT2D eigenvalue weighted by atomic mass is 16.5. The van der Waals surface area contributed by atoms with Crippen LogP contribution in [0.3, 0.4) is 0 Å². The van der Waals surface area contributed by atoms with Gasteiger partial charge in [-0.3, -0.25) is 0 Å². The zero-order chi connectivity index (χ0) is 25.1. The number of nitrogens with zero attached hydrogens (tertiary/aromatic N) is 4. The topological polar surface area (TPSA) is 81.5 Å². The second-order valence-electron chi connectivity index (χ2n) is 8.36. The van der Waals surface area contributed by atoms with Gasteiger partial charge in [-0.15, -0.1) is 5.10 Å². The third kappa shape index (κ3) is 4.32. The van der Waals surface area contributed by atoms with E-state index in [0.29, 0.717) is 29.3 Å². The van der Waals surface area contributed by atoms with Crippen LogP contribution in [0.15, 0.2) is 89.7 Å². The van der Waals surface area contributed by atoms with E-state index >= 15 is 0 Å². The van der Waals surface area contributed by atoms with E-state index in [2.05, 4.69) is 11.2 Å². The Kier molecular flexibility index (Phi) is 6.25. The van der Waals surface area contributed by atoms with Crippen LogP contribution in [0.4, 0.5) is 0 Å². The summed E-state index contributed by atoms with van der Waals surface area (Å²) in [4.78, 5) is 13.7. The van der Waals surface area contributed by atoms with Crippen molar-refractivity contribution in [1.82, 2.24) is 14.2 Å². The molecule has 0 saturated carbocycles. The van der Waals surface area contributed by atoms with Crippen LogP contribution >= 0.6 is 0 Å². The van der Waals surface area contributed by atoms with Gasteiger partial charge in [-0.2, -0.15) is 5.26 Å². The molecular weight excluding hydrogens is 452 g/mol. The highest BCUT2D eigenvalue weighted by molar-refractivity contribution is 5.85. The summed E-state index contributed by atoms with van der Waals surface area (Å²) in [6.07, 6.45) is 0. The largest absolute Gasteiger partial charge is 0.493 e. The van der Waals surface area contributed by atoms with Gasteiger partial charge in [0, 0.05) is 5.56 Å². The van der Waals surface area contributed by atoms with Crippen LogP contribution in [-0.4, -0.2) is 27.9 Å². The number of hydrogen-bond acceptors (Lipinski definition) is 5. The van der Waals surface area contributed by atoms with E-state index in [4.69, 9.17) is 9.47 Å². The molecule has 0 fully saturated rings. The second-order valence-corrected chi connectivity index (χ2v) is 8.36. The van der Waals surface area contributed by atoms with E-state index in [1.54, 1.807) is 23.6 Å². The van der Waals surface area contributed by atoms with E-state index in [1.807, 2.05) is 79.7 Å². The average molecular weight is 477 g/mol. The number of rotatable bonds is 7. The standard InChI is InChI=1S/C29H24N4O3/c1-20-8-12-23(13-9-20)27-25(22-14-10-21(19-30)11-15-22)18-26(35-2)28-31-32(29(34)33(27)28)16-17-36-24-6-4-3-5-7-24/h3-15,18H,16-17H2,1-2H3. The number of fused-ring (bicyclic) bond motifs is 1. The van der Waals surface area contributed by atoms with E-state index < -0.39 is 0 Å². The molecule has 0 amide bonds. The van der Waals surface area contributed by atoms with Gasteiger partial charge in [0.1, 0.15) is 12.4 Å². The molecule has 5 rings (SSSR count). The molecule has 7 nitrogen and oxygen atoms in total. The van der Waals surface area contributed by atoms with Crippen molar-refractivity contribution in [3.8, 4) is 40.0 Å². The minimum atomic E-state index is -0.286.